The number of aromatic nitrogens is 1. The second-order valence-corrected chi connectivity index (χ2v) is 6.17. The van der Waals surface area contributed by atoms with Crippen LogP contribution in [0.1, 0.15) is 33.7 Å². The second-order valence-electron chi connectivity index (χ2n) is 4.04. The zero-order chi connectivity index (χ0) is 13.7. The molecule has 0 amide bonds. The summed E-state index contributed by atoms with van der Waals surface area (Å²) in [6, 6.07) is 10.1. The van der Waals surface area contributed by atoms with E-state index >= 15 is 0 Å². The number of hydrogen-bond acceptors (Lipinski definition) is 4. The van der Waals surface area contributed by atoms with Crippen molar-refractivity contribution in [3.05, 3.63) is 45.9 Å². The van der Waals surface area contributed by atoms with E-state index in [4.69, 9.17) is 5.11 Å². The molecule has 1 aromatic heterocycles. The van der Waals surface area contributed by atoms with Crippen LogP contribution in [0.3, 0.4) is 0 Å². The van der Waals surface area contributed by atoms with Crippen LogP contribution >= 0.6 is 23.1 Å². The lowest BCUT2D eigenvalue weighted by atomic mass is 10.2. The summed E-state index contributed by atoms with van der Waals surface area (Å²) in [4.78, 5) is 17.2. The van der Waals surface area contributed by atoms with Crippen molar-refractivity contribution >= 4 is 29.1 Å². The van der Waals surface area contributed by atoms with Gasteiger partial charge in [0.05, 0.1) is 11.4 Å². The Hall–Kier alpha value is -1.33. The maximum absolute atomic E-state index is 11.1. The van der Waals surface area contributed by atoms with E-state index < -0.39 is 5.97 Å². The number of aryl methyl sites for hydroxylation is 1. The maximum atomic E-state index is 11.1. The summed E-state index contributed by atoms with van der Waals surface area (Å²) in [6.45, 7) is 2.03. The second kappa shape index (κ2) is 6.73. The molecule has 5 heteroatoms. The van der Waals surface area contributed by atoms with Crippen molar-refractivity contribution in [2.45, 2.75) is 30.4 Å². The summed E-state index contributed by atoms with van der Waals surface area (Å²) in [5.74, 6) is -0.143. The molecule has 19 heavy (non-hydrogen) atoms. The minimum atomic E-state index is -0.864. The monoisotopic (exact) mass is 293 g/mol. The van der Waals surface area contributed by atoms with E-state index in [9.17, 15) is 4.79 Å². The number of rotatable bonds is 6. The van der Waals surface area contributed by atoms with Gasteiger partial charge in [0, 0.05) is 4.90 Å². The predicted octanol–water partition coefficient (Wildman–Crippen LogP) is 4.09. The van der Waals surface area contributed by atoms with Gasteiger partial charge in [-0.1, -0.05) is 31.5 Å². The molecule has 2 rings (SSSR count). The molecule has 1 aromatic carbocycles. The molecule has 1 N–H and O–H groups in total. The predicted molar refractivity (Wildman–Crippen MR) is 79.1 cm³/mol. The lowest BCUT2D eigenvalue weighted by Gasteiger charge is -1.97. The minimum Gasteiger partial charge on any atom is -0.477 e. The standard InChI is InChI=1S/C14H15NO2S2/c1-2-6-11-13(14(16)17)19-12(15-11)9-18-10-7-4-3-5-8-10/h3-5,7-8H,2,6,9H2,1H3,(H,16,17). The van der Waals surface area contributed by atoms with Gasteiger partial charge >= 0.3 is 5.97 Å². The first-order valence-electron chi connectivity index (χ1n) is 6.10. The highest BCUT2D eigenvalue weighted by Gasteiger charge is 2.16. The van der Waals surface area contributed by atoms with Gasteiger partial charge in [0.1, 0.15) is 9.88 Å². The first-order chi connectivity index (χ1) is 9.20. The van der Waals surface area contributed by atoms with Crippen LogP contribution in [-0.2, 0) is 12.2 Å². The lowest BCUT2D eigenvalue weighted by Crippen LogP contribution is -1.98. The Morgan fingerprint density at radius 1 is 1.37 bits per heavy atom. The fraction of sp³-hybridized carbons (Fsp3) is 0.286. The smallest absolute Gasteiger partial charge is 0.347 e. The molecule has 2 aromatic rings. The number of hydrogen-bond donors (Lipinski definition) is 1. The fourth-order valence-electron chi connectivity index (χ4n) is 1.70. The molecule has 100 valence electrons. The maximum Gasteiger partial charge on any atom is 0.347 e. The van der Waals surface area contributed by atoms with Crippen molar-refractivity contribution in [3.63, 3.8) is 0 Å². The molecule has 0 aliphatic carbocycles. The van der Waals surface area contributed by atoms with Gasteiger partial charge in [-0.3, -0.25) is 0 Å². The van der Waals surface area contributed by atoms with Gasteiger partial charge in [-0.2, -0.15) is 0 Å². The summed E-state index contributed by atoms with van der Waals surface area (Å²) in [5, 5.41) is 10.0. The Labute approximate surface area is 120 Å². The van der Waals surface area contributed by atoms with Gasteiger partial charge in [0.2, 0.25) is 0 Å². The van der Waals surface area contributed by atoms with Crippen molar-refractivity contribution in [2.24, 2.45) is 0 Å². The molecule has 0 saturated heterocycles. The van der Waals surface area contributed by atoms with Gasteiger partial charge in [-0.25, -0.2) is 9.78 Å². The third-order valence-electron chi connectivity index (χ3n) is 2.53. The lowest BCUT2D eigenvalue weighted by molar-refractivity contribution is 0.0700. The topological polar surface area (TPSA) is 50.2 Å². The van der Waals surface area contributed by atoms with Crippen LogP contribution in [0.15, 0.2) is 35.2 Å². The molecule has 0 bridgehead atoms. The van der Waals surface area contributed by atoms with Crippen molar-refractivity contribution in [1.82, 2.24) is 4.98 Å². The van der Waals surface area contributed by atoms with E-state index in [0.29, 0.717) is 4.88 Å². The van der Waals surface area contributed by atoms with E-state index in [1.165, 1.54) is 16.2 Å². The van der Waals surface area contributed by atoms with Crippen LogP contribution in [0.5, 0.6) is 0 Å². The van der Waals surface area contributed by atoms with Crippen molar-refractivity contribution in [2.75, 3.05) is 0 Å². The highest BCUT2D eigenvalue weighted by atomic mass is 32.2. The quantitative estimate of drug-likeness (QED) is 0.815. The molecule has 0 atom stereocenters. The van der Waals surface area contributed by atoms with E-state index in [1.54, 1.807) is 11.8 Å². The average molecular weight is 293 g/mol. The van der Waals surface area contributed by atoms with Gasteiger partial charge in [-0.05, 0) is 18.6 Å². The summed E-state index contributed by atoms with van der Waals surface area (Å²) in [5.41, 5.74) is 0.726. The van der Waals surface area contributed by atoms with Gasteiger partial charge in [-0.15, -0.1) is 23.1 Å². The number of carbonyl (C=O) groups is 1. The molecule has 0 saturated carbocycles. The van der Waals surface area contributed by atoms with E-state index in [-0.39, 0.29) is 0 Å². The number of thioether (sulfide) groups is 1. The Kier molecular flexibility index (Phi) is 4.99. The minimum absolute atomic E-state index is 0.394. The van der Waals surface area contributed by atoms with E-state index in [0.717, 1.165) is 29.3 Å². The van der Waals surface area contributed by atoms with Crippen LogP contribution in [0.2, 0.25) is 0 Å². The molecule has 0 spiro atoms. The molecular formula is C14H15NO2S2. The summed E-state index contributed by atoms with van der Waals surface area (Å²) in [6.07, 6.45) is 1.64. The number of thiazole rings is 1. The molecule has 0 fully saturated rings. The Balaban J connectivity index is 2.08. The molecule has 1 heterocycles. The van der Waals surface area contributed by atoms with Crippen LogP contribution in [0, 0.1) is 0 Å². The molecule has 0 aliphatic heterocycles. The normalized spacial score (nSPS) is 10.6. The number of carboxylic acids is 1. The van der Waals surface area contributed by atoms with Crippen molar-refractivity contribution in [1.29, 1.82) is 0 Å². The van der Waals surface area contributed by atoms with Crippen molar-refractivity contribution in [3.8, 4) is 0 Å². The summed E-state index contributed by atoms with van der Waals surface area (Å²) < 4.78 is 0. The Morgan fingerprint density at radius 3 is 2.74 bits per heavy atom. The summed E-state index contributed by atoms with van der Waals surface area (Å²) >= 11 is 2.98. The number of nitrogens with zero attached hydrogens (tertiary/aromatic N) is 1. The highest BCUT2D eigenvalue weighted by molar-refractivity contribution is 7.98. The Morgan fingerprint density at radius 2 is 2.11 bits per heavy atom. The third kappa shape index (κ3) is 3.81. The zero-order valence-electron chi connectivity index (χ0n) is 10.6. The van der Waals surface area contributed by atoms with Crippen molar-refractivity contribution < 1.29 is 9.90 Å². The largest absolute Gasteiger partial charge is 0.477 e. The van der Waals surface area contributed by atoms with E-state index in [1.807, 2.05) is 37.3 Å². The highest BCUT2D eigenvalue weighted by Crippen LogP contribution is 2.27. The van der Waals surface area contributed by atoms with Crippen LogP contribution < -0.4 is 0 Å². The molecule has 0 radical (unpaired) electrons. The molecule has 3 nitrogen and oxygen atoms in total. The fourth-order valence-corrected chi connectivity index (χ4v) is 3.56. The molecular weight excluding hydrogens is 278 g/mol. The van der Waals surface area contributed by atoms with Crippen LogP contribution in [0.4, 0.5) is 0 Å². The average Bonchev–Trinajstić information content (AvgIpc) is 2.81. The third-order valence-corrected chi connectivity index (χ3v) is 4.82. The number of benzene rings is 1. The van der Waals surface area contributed by atoms with Gasteiger partial charge in [0.25, 0.3) is 0 Å². The SMILES string of the molecule is CCCc1nc(CSc2ccccc2)sc1C(=O)O. The number of carboxylic acid groups (broad SMARTS) is 1. The van der Waals surface area contributed by atoms with Crippen LogP contribution in [-0.4, -0.2) is 16.1 Å². The first kappa shape index (κ1) is 14.1. The summed E-state index contributed by atoms with van der Waals surface area (Å²) in [7, 11) is 0. The molecule has 0 aliphatic rings. The van der Waals surface area contributed by atoms with Gasteiger partial charge < -0.3 is 5.11 Å². The van der Waals surface area contributed by atoms with E-state index in [2.05, 4.69) is 4.98 Å². The Bertz CT molecular complexity index is 552. The first-order valence-corrected chi connectivity index (χ1v) is 7.90. The molecule has 0 unspecified atom stereocenters. The number of aromatic carboxylic acids is 1. The zero-order valence-corrected chi connectivity index (χ0v) is 12.3. The van der Waals surface area contributed by atoms with Gasteiger partial charge in [0.15, 0.2) is 0 Å². The van der Waals surface area contributed by atoms with Crippen LogP contribution in [0.25, 0.3) is 0 Å².